The standard InChI is InChI=1S/C9H8N2O/c1-8(6-11-7-12)9-2-4-10-5-3-9/h2-5H,1,6H2. The van der Waals surface area contributed by atoms with E-state index in [9.17, 15) is 4.79 Å². The van der Waals surface area contributed by atoms with E-state index in [1.807, 2.05) is 12.1 Å². The number of pyridine rings is 1. The molecule has 1 heterocycles. The summed E-state index contributed by atoms with van der Waals surface area (Å²) in [6, 6.07) is 3.64. The third-order valence-corrected chi connectivity index (χ3v) is 1.42. The molecular weight excluding hydrogens is 152 g/mol. The Labute approximate surface area is 70.5 Å². The van der Waals surface area contributed by atoms with Crippen LogP contribution in [0, 0.1) is 0 Å². The molecule has 1 aromatic heterocycles. The lowest BCUT2D eigenvalue weighted by atomic mass is 10.1. The zero-order valence-electron chi connectivity index (χ0n) is 6.53. The molecule has 0 unspecified atom stereocenters. The third-order valence-electron chi connectivity index (χ3n) is 1.42. The third kappa shape index (κ3) is 2.15. The first-order valence-electron chi connectivity index (χ1n) is 3.46. The molecule has 0 atom stereocenters. The first kappa shape index (κ1) is 8.37. The molecule has 0 aromatic carbocycles. The summed E-state index contributed by atoms with van der Waals surface area (Å²) < 4.78 is 0. The van der Waals surface area contributed by atoms with Gasteiger partial charge in [-0.1, -0.05) is 6.58 Å². The average Bonchev–Trinajstić information content (AvgIpc) is 2.15. The van der Waals surface area contributed by atoms with Crippen molar-refractivity contribution in [3.05, 3.63) is 36.7 Å². The highest BCUT2D eigenvalue weighted by Gasteiger charge is 1.95. The van der Waals surface area contributed by atoms with Crippen LogP contribution in [0.5, 0.6) is 0 Å². The zero-order valence-corrected chi connectivity index (χ0v) is 6.53. The predicted molar refractivity (Wildman–Crippen MR) is 46.3 cm³/mol. The van der Waals surface area contributed by atoms with Crippen molar-refractivity contribution in [2.24, 2.45) is 4.99 Å². The van der Waals surface area contributed by atoms with E-state index in [2.05, 4.69) is 16.6 Å². The SMILES string of the molecule is C=C(CN=C=O)c1ccncc1. The lowest BCUT2D eigenvalue weighted by molar-refractivity contribution is 0.564. The number of aliphatic imine (C=N–C) groups is 1. The lowest BCUT2D eigenvalue weighted by Crippen LogP contribution is -1.86. The molecular formula is C9H8N2O. The van der Waals surface area contributed by atoms with E-state index in [1.54, 1.807) is 12.4 Å². The number of rotatable bonds is 3. The van der Waals surface area contributed by atoms with Gasteiger partial charge in [-0.2, -0.15) is 0 Å². The van der Waals surface area contributed by atoms with Crippen molar-refractivity contribution in [2.75, 3.05) is 6.54 Å². The summed E-state index contributed by atoms with van der Waals surface area (Å²) >= 11 is 0. The molecule has 1 aromatic rings. The van der Waals surface area contributed by atoms with Gasteiger partial charge in [0.15, 0.2) is 0 Å². The Morgan fingerprint density at radius 2 is 2.25 bits per heavy atom. The highest BCUT2D eigenvalue weighted by molar-refractivity contribution is 5.64. The molecule has 60 valence electrons. The van der Waals surface area contributed by atoms with Gasteiger partial charge in [-0.3, -0.25) is 4.98 Å². The second-order valence-corrected chi connectivity index (χ2v) is 2.25. The number of hydrogen-bond donors (Lipinski definition) is 0. The van der Waals surface area contributed by atoms with Crippen LogP contribution in [-0.2, 0) is 4.79 Å². The van der Waals surface area contributed by atoms with Gasteiger partial charge in [-0.15, -0.1) is 0 Å². The fourth-order valence-electron chi connectivity index (χ4n) is 0.807. The fourth-order valence-corrected chi connectivity index (χ4v) is 0.807. The first-order chi connectivity index (χ1) is 5.84. The number of carbonyl (C=O) groups excluding carboxylic acids is 1. The largest absolute Gasteiger partial charge is 0.265 e. The Bertz CT molecular complexity index is 313. The van der Waals surface area contributed by atoms with Gasteiger partial charge in [0.05, 0.1) is 6.54 Å². The van der Waals surface area contributed by atoms with Crippen molar-refractivity contribution in [2.45, 2.75) is 0 Å². The van der Waals surface area contributed by atoms with Gasteiger partial charge in [-0.25, -0.2) is 9.79 Å². The Kier molecular flexibility index (Phi) is 2.94. The van der Waals surface area contributed by atoms with Crippen LogP contribution in [0.15, 0.2) is 36.1 Å². The summed E-state index contributed by atoms with van der Waals surface area (Å²) in [5.74, 6) is 0. The van der Waals surface area contributed by atoms with Gasteiger partial charge in [-0.05, 0) is 23.3 Å². The number of nitrogens with zero attached hydrogens (tertiary/aromatic N) is 2. The van der Waals surface area contributed by atoms with E-state index in [4.69, 9.17) is 0 Å². The van der Waals surface area contributed by atoms with Crippen LogP contribution in [0.3, 0.4) is 0 Å². The van der Waals surface area contributed by atoms with Crippen molar-refractivity contribution in [1.29, 1.82) is 0 Å². The summed E-state index contributed by atoms with van der Waals surface area (Å²) in [4.78, 5) is 17.1. The second kappa shape index (κ2) is 4.21. The molecule has 0 N–H and O–H groups in total. The number of isocyanates is 1. The molecule has 0 radical (unpaired) electrons. The summed E-state index contributed by atoms with van der Waals surface area (Å²) in [5, 5.41) is 0. The van der Waals surface area contributed by atoms with Crippen molar-refractivity contribution in [3.8, 4) is 0 Å². The molecule has 0 aliphatic rings. The van der Waals surface area contributed by atoms with Crippen molar-refractivity contribution >= 4 is 11.7 Å². The maximum Gasteiger partial charge on any atom is 0.235 e. The molecule has 0 spiro atoms. The van der Waals surface area contributed by atoms with E-state index in [1.165, 1.54) is 6.08 Å². The molecule has 0 saturated carbocycles. The van der Waals surface area contributed by atoms with E-state index in [-0.39, 0.29) is 0 Å². The predicted octanol–water partition coefficient (Wildman–Crippen LogP) is 1.43. The van der Waals surface area contributed by atoms with Crippen LogP contribution in [0.1, 0.15) is 5.56 Å². The molecule has 0 bridgehead atoms. The molecule has 0 amide bonds. The van der Waals surface area contributed by atoms with Crippen molar-refractivity contribution in [1.82, 2.24) is 4.98 Å². The summed E-state index contributed by atoms with van der Waals surface area (Å²) in [5.41, 5.74) is 1.74. The van der Waals surface area contributed by atoms with Crippen molar-refractivity contribution in [3.63, 3.8) is 0 Å². The van der Waals surface area contributed by atoms with Gasteiger partial charge in [0.25, 0.3) is 0 Å². The van der Waals surface area contributed by atoms with Crippen LogP contribution < -0.4 is 0 Å². The van der Waals surface area contributed by atoms with Crippen LogP contribution in [-0.4, -0.2) is 17.6 Å². The second-order valence-electron chi connectivity index (χ2n) is 2.25. The van der Waals surface area contributed by atoms with E-state index in [0.29, 0.717) is 6.54 Å². The zero-order chi connectivity index (χ0) is 8.81. The number of hydrogen-bond acceptors (Lipinski definition) is 3. The highest BCUT2D eigenvalue weighted by atomic mass is 16.1. The minimum atomic E-state index is 0.299. The Morgan fingerprint density at radius 1 is 1.58 bits per heavy atom. The molecule has 1 rings (SSSR count). The van der Waals surface area contributed by atoms with E-state index >= 15 is 0 Å². The van der Waals surface area contributed by atoms with Crippen LogP contribution in [0.2, 0.25) is 0 Å². The molecule has 0 aliphatic carbocycles. The Hall–Kier alpha value is -1.73. The van der Waals surface area contributed by atoms with Gasteiger partial charge in [0.2, 0.25) is 6.08 Å². The molecule has 3 nitrogen and oxygen atoms in total. The van der Waals surface area contributed by atoms with Crippen molar-refractivity contribution < 1.29 is 4.79 Å². The van der Waals surface area contributed by atoms with Gasteiger partial charge in [0, 0.05) is 12.4 Å². The van der Waals surface area contributed by atoms with E-state index < -0.39 is 0 Å². The number of aromatic nitrogens is 1. The van der Waals surface area contributed by atoms with Crippen LogP contribution >= 0.6 is 0 Å². The minimum Gasteiger partial charge on any atom is -0.265 e. The summed E-state index contributed by atoms with van der Waals surface area (Å²) in [6.07, 6.45) is 4.81. The molecule has 0 aliphatic heterocycles. The molecule has 12 heavy (non-hydrogen) atoms. The summed E-state index contributed by atoms with van der Waals surface area (Å²) in [7, 11) is 0. The van der Waals surface area contributed by atoms with Crippen LogP contribution in [0.4, 0.5) is 0 Å². The van der Waals surface area contributed by atoms with Gasteiger partial charge in [0.1, 0.15) is 0 Å². The Balaban J connectivity index is 2.72. The lowest BCUT2D eigenvalue weighted by Gasteiger charge is -1.98. The maximum absolute atomic E-state index is 9.80. The van der Waals surface area contributed by atoms with Gasteiger partial charge >= 0.3 is 0 Å². The molecule has 0 saturated heterocycles. The fraction of sp³-hybridized carbons (Fsp3) is 0.111. The minimum absolute atomic E-state index is 0.299. The first-order valence-corrected chi connectivity index (χ1v) is 3.46. The normalized spacial score (nSPS) is 8.67. The summed E-state index contributed by atoms with van der Waals surface area (Å²) in [6.45, 7) is 4.06. The maximum atomic E-state index is 9.80. The quantitative estimate of drug-likeness (QED) is 0.495. The van der Waals surface area contributed by atoms with E-state index in [0.717, 1.165) is 11.1 Å². The van der Waals surface area contributed by atoms with Crippen LogP contribution in [0.25, 0.3) is 5.57 Å². The highest BCUT2D eigenvalue weighted by Crippen LogP contribution is 2.09. The van der Waals surface area contributed by atoms with Gasteiger partial charge < -0.3 is 0 Å². The molecule has 3 heteroatoms. The topological polar surface area (TPSA) is 42.3 Å². The average molecular weight is 160 g/mol. The Morgan fingerprint density at radius 3 is 2.83 bits per heavy atom. The molecule has 0 fully saturated rings. The monoisotopic (exact) mass is 160 g/mol. The smallest absolute Gasteiger partial charge is 0.235 e.